The molecule has 0 spiro atoms. The van der Waals surface area contributed by atoms with Gasteiger partial charge in [0.05, 0.1) is 20.3 Å². The number of hydrogen-bond acceptors (Lipinski definition) is 6. The lowest BCUT2D eigenvalue weighted by Gasteiger charge is -2.39. The summed E-state index contributed by atoms with van der Waals surface area (Å²) in [4.78, 5) is 13.7. The molecule has 0 saturated heterocycles. The lowest BCUT2D eigenvalue weighted by Crippen LogP contribution is -2.42. The zero-order valence-electron chi connectivity index (χ0n) is 19.9. The molecule has 178 valence electrons. The van der Waals surface area contributed by atoms with Crippen molar-refractivity contribution in [1.82, 2.24) is 4.90 Å². The number of aliphatic hydroxyl groups is 1. The van der Waals surface area contributed by atoms with E-state index >= 15 is 0 Å². The molecule has 0 saturated carbocycles. The molecule has 34 heavy (non-hydrogen) atoms. The van der Waals surface area contributed by atoms with Crippen LogP contribution in [0.4, 0.5) is 0 Å². The molecule has 1 aliphatic heterocycles. The number of rotatable bonds is 9. The Morgan fingerprint density at radius 1 is 1.03 bits per heavy atom. The largest absolute Gasteiger partial charge is 0.493 e. The number of carbonyl (C=O) groups is 1. The van der Waals surface area contributed by atoms with Crippen LogP contribution in [0, 0.1) is 0 Å². The molecule has 1 heterocycles. The molecule has 0 aromatic heterocycles. The standard InChI is InChI=1S/C28H31NO5/c1-19(30)20-9-11-24(12-10-20)34-18-23(31)17-29-14-13-22-15-26(32-2)27(33-3)16-25(22)28(29)21-7-5-4-6-8-21/h4-12,15-16,23,28,31H,13-14,17-18H2,1-3H3/t23-,28-/m0/s1. The van der Waals surface area contributed by atoms with Gasteiger partial charge in [-0.15, -0.1) is 0 Å². The van der Waals surface area contributed by atoms with Crippen LogP contribution in [0.1, 0.15) is 40.0 Å². The van der Waals surface area contributed by atoms with Gasteiger partial charge in [0.2, 0.25) is 0 Å². The molecular formula is C28H31NO5. The number of fused-ring (bicyclic) bond motifs is 1. The Balaban J connectivity index is 1.53. The SMILES string of the molecule is COc1cc2c(cc1OC)[C@H](c1ccccc1)N(C[C@H](O)COc1ccc(C(C)=O)cc1)CC2. The minimum absolute atomic E-state index is 0.0122. The second-order valence-corrected chi connectivity index (χ2v) is 8.51. The van der Waals surface area contributed by atoms with E-state index in [1.165, 1.54) is 12.5 Å². The number of aliphatic hydroxyl groups excluding tert-OH is 1. The van der Waals surface area contributed by atoms with Gasteiger partial charge >= 0.3 is 0 Å². The number of nitrogens with zero attached hydrogens (tertiary/aromatic N) is 1. The highest BCUT2D eigenvalue weighted by molar-refractivity contribution is 5.94. The summed E-state index contributed by atoms with van der Waals surface area (Å²) in [6.45, 7) is 2.95. The van der Waals surface area contributed by atoms with Crippen LogP contribution in [0.25, 0.3) is 0 Å². The maximum atomic E-state index is 11.5. The van der Waals surface area contributed by atoms with Crippen LogP contribution in [0.3, 0.4) is 0 Å². The Morgan fingerprint density at radius 2 is 1.71 bits per heavy atom. The molecule has 2 atom stereocenters. The normalized spacial score (nSPS) is 16.4. The first-order chi connectivity index (χ1) is 16.5. The van der Waals surface area contributed by atoms with E-state index in [4.69, 9.17) is 14.2 Å². The van der Waals surface area contributed by atoms with Gasteiger partial charge in [-0.1, -0.05) is 30.3 Å². The summed E-state index contributed by atoms with van der Waals surface area (Å²) in [5.74, 6) is 2.07. The molecule has 1 aliphatic rings. The molecule has 6 nitrogen and oxygen atoms in total. The van der Waals surface area contributed by atoms with Crippen molar-refractivity contribution in [1.29, 1.82) is 0 Å². The van der Waals surface area contributed by atoms with Crippen molar-refractivity contribution in [2.75, 3.05) is 33.9 Å². The van der Waals surface area contributed by atoms with Gasteiger partial charge in [-0.2, -0.15) is 0 Å². The van der Waals surface area contributed by atoms with Gasteiger partial charge in [0, 0.05) is 18.7 Å². The number of ketones is 1. The number of hydrogen-bond donors (Lipinski definition) is 1. The third-order valence-electron chi connectivity index (χ3n) is 6.24. The third kappa shape index (κ3) is 5.24. The second-order valence-electron chi connectivity index (χ2n) is 8.51. The average molecular weight is 462 g/mol. The predicted molar refractivity (Wildman–Crippen MR) is 131 cm³/mol. The molecular weight excluding hydrogens is 430 g/mol. The Hall–Kier alpha value is -3.35. The van der Waals surface area contributed by atoms with Crippen LogP contribution in [0.2, 0.25) is 0 Å². The average Bonchev–Trinajstić information content (AvgIpc) is 2.87. The monoisotopic (exact) mass is 461 g/mol. The minimum atomic E-state index is -0.680. The fraction of sp³-hybridized carbons (Fsp3) is 0.321. The first kappa shape index (κ1) is 23.8. The van der Waals surface area contributed by atoms with E-state index in [-0.39, 0.29) is 18.4 Å². The van der Waals surface area contributed by atoms with Crippen molar-refractivity contribution in [3.63, 3.8) is 0 Å². The van der Waals surface area contributed by atoms with Crippen molar-refractivity contribution in [3.8, 4) is 17.2 Å². The predicted octanol–water partition coefficient (Wildman–Crippen LogP) is 4.29. The Labute approximate surface area is 200 Å². The summed E-state index contributed by atoms with van der Waals surface area (Å²) in [5.41, 5.74) is 4.17. The van der Waals surface area contributed by atoms with E-state index in [0.717, 1.165) is 29.8 Å². The minimum Gasteiger partial charge on any atom is -0.493 e. The highest BCUT2D eigenvalue weighted by Gasteiger charge is 2.31. The number of carbonyl (C=O) groups excluding carboxylic acids is 1. The number of β-amino-alcohol motifs (C(OH)–C–C–N with tert-alkyl or cyclic N) is 1. The van der Waals surface area contributed by atoms with Crippen LogP contribution >= 0.6 is 0 Å². The molecule has 1 N–H and O–H groups in total. The Morgan fingerprint density at radius 3 is 2.35 bits per heavy atom. The number of methoxy groups -OCH3 is 2. The molecule has 3 aromatic carbocycles. The highest BCUT2D eigenvalue weighted by Crippen LogP contribution is 2.41. The van der Waals surface area contributed by atoms with Gasteiger partial charge in [0.15, 0.2) is 17.3 Å². The molecule has 4 rings (SSSR count). The molecule has 0 unspecified atom stereocenters. The van der Waals surface area contributed by atoms with Crippen LogP contribution in [0.5, 0.6) is 17.2 Å². The van der Waals surface area contributed by atoms with Gasteiger partial charge in [-0.25, -0.2) is 0 Å². The van der Waals surface area contributed by atoms with E-state index < -0.39 is 6.10 Å². The molecule has 0 radical (unpaired) electrons. The van der Waals surface area contributed by atoms with E-state index in [0.29, 0.717) is 23.6 Å². The summed E-state index contributed by atoms with van der Waals surface area (Å²) < 4.78 is 16.9. The van der Waals surface area contributed by atoms with Crippen LogP contribution in [-0.2, 0) is 6.42 Å². The molecule has 3 aromatic rings. The fourth-order valence-electron chi connectivity index (χ4n) is 4.52. The maximum Gasteiger partial charge on any atom is 0.161 e. The van der Waals surface area contributed by atoms with Gasteiger partial charge in [-0.3, -0.25) is 9.69 Å². The quantitative estimate of drug-likeness (QED) is 0.480. The van der Waals surface area contributed by atoms with E-state index in [9.17, 15) is 9.90 Å². The molecule has 6 heteroatoms. The number of Topliss-reactive ketones (excluding diaryl/α,β-unsaturated/α-hetero) is 1. The van der Waals surface area contributed by atoms with Crippen molar-refractivity contribution >= 4 is 5.78 Å². The molecule has 0 aliphatic carbocycles. The maximum absolute atomic E-state index is 11.5. The molecule has 0 fully saturated rings. The van der Waals surface area contributed by atoms with E-state index in [1.807, 2.05) is 18.2 Å². The summed E-state index contributed by atoms with van der Waals surface area (Å²) in [6.07, 6.45) is 0.166. The molecule has 0 bridgehead atoms. The first-order valence-electron chi connectivity index (χ1n) is 11.5. The van der Waals surface area contributed by atoms with Crippen LogP contribution < -0.4 is 14.2 Å². The third-order valence-corrected chi connectivity index (χ3v) is 6.24. The van der Waals surface area contributed by atoms with E-state index in [2.05, 4.69) is 29.2 Å². The van der Waals surface area contributed by atoms with Crippen molar-refractivity contribution in [2.24, 2.45) is 0 Å². The van der Waals surface area contributed by atoms with Gasteiger partial charge < -0.3 is 19.3 Å². The van der Waals surface area contributed by atoms with Crippen molar-refractivity contribution in [2.45, 2.75) is 25.5 Å². The van der Waals surface area contributed by atoms with Crippen LogP contribution in [-0.4, -0.2) is 55.8 Å². The van der Waals surface area contributed by atoms with Crippen molar-refractivity contribution < 1.29 is 24.1 Å². The van der Waals surface area contributed by atoms with Gasteiger partial charge in [0.1, 0.15) is 18.5 Å². The summed E-state index contributed by atoms with van der Waals surface area (Å²) in [5, 5.41) is 10.8. The van der Waals surface area contributed by atoms with Gasteiger partial charge in [-0.05, 0) is 66.4 Å². The topological polar surface area (TPSA) is 68.2 Å². The summed E-state index contributed by atoms with van der Waals surface area (Å²) in [6, 6.07) is 21.4. The number of benzene rings is 3. The lowest BCUT2D eigenvalue weighted by molar-refractivity contribution is 0.0553. The highest BCUT2D eigenvalue weighted by atomic mass is 16.5. The van der Waals surface area contributed by atoms with Crippen LogP contribution in [0.15, 0.2) is 66.7 Å². The van der Waals surface area contributed by atoms with Crippen molar-refractivity contribution in [3.05, 3.63) is 89.0 Å². The smallest absolute Gasteiger partial charge is 0.161 e. The lowest BCUT2D eigenvalue weighted by atomic mass is 9.87. The Kier molecular flexibility index (Phi) is 7.50. The molecule has 0 amide bonds. The second kappa shape index (κ2) is 10.7. The van der Waals surface area contributed by atoms with Gasteiger partial charge in [0.25, 0.3) is 0 Å². The summed E-state index contributed by atoms with van der Waals surface area (Å²) >= 11 is 0. The summed E-state index contributed by atoms with van der Waals surface area (Å²) in [7, 11) is 3.30. The van der Waals surface area contributed by atoms with E-state index in [1.54, 1.807) is 38.5 Å². The zero-order chi connectivity index (χ0) is 24.1. The number of ether oxygens (including phenoxy) is 3. The Bertz CT molecular complexity index is 1110. The fourth-order valence-corrected chi connectivity index (χ4v) is 4.52. The first-order valence-corrected chi connectivity index (χ1v) is 11.5. The zero-order valence-corrected chi connectivity index (χ0v) is 19.9.